The summed E-state index contributed by atoms with van der Waals surface area (Å²) in [6.07, 6.45) is 0. The summed E-state index contributed by atoms with van der Waals surface area (Å²) in [7, 11) is 0. The van der Waals surface area contributed by atoms with Crippen molar-refractivity contribution in [3.63, 3.8) is 0 Å². The van der Waals surface area contributed by atoms with Gasteiger partial charge in [0, 0.05) is 11.3 Å². The Morgan fingerprint density at radius 2 is 1.40 bits per heavy atom. The van der Waals surface area contributed by atoms with E-state index >= 15 is 0 Å². The molecule has 0 atom stereocenters. The third-order valence-corrected chi connectivity index (χ3v) is 14.3. The number of hydrogen-bond donors (Lipinski definition) is 0. The van der Waals surface area contributed by atoms with Gasteiger partial charge in [-0.3, -0.25) is 0 Å². The van der Waals surface area contributed by atoms with Crippen LogP contribution in [0, 0.1) is 29.6 Å². The van der Waals surface area contributed by atoms with Gasteiger partial charge in [0.05, 0.1) is 4.11 Å². The molecule has 5 heterocycles. The minimum absolute atomic E-state index is 0.0187. The third-order valence-electron chi connectivity index (χ3n) is 13.3. The van der Waals surface area contributed by atoms with Crippen LogP contribution in [0.2, 0.25) is 0 Å². The molecule has 2 aromatic heterocycles. The summed E-state index contributed by atoms with van der Waals surface area (Å²) in [4.78, 5) is 9.35. The smallest absolute Gasteiger partial charge is 0.0275 e. The molecular weight excluding hydrogens is 1010 g/mol. The number of para-hydroxylation sites is 4. The predicted octanol–water partition coefficient (Wildman–Crippen LogP) is 14.2. The monoisotopic (exact) mass is 1070 g/mol. The number of imidazole rings is 1. The fraction of sp³-hybridized carbons (Fsp3) is 0.100. The Morgan fingerprint density at radius 1 is 0.662 bits per heavy atom. The number of benzene rings is 8. The number of aryl methyl sites for hydroxylation is 2. The van der Waals surface area contributed by atoms with Crippen molar-refractivity contribution in [2.75, 3.05) is 9.62 Å². The first kappa shape index (κ1) is 32.3. The number of pyridine rings is 1. The van der Waals surface area contributed by atoms with E-state index in [-0.39, 0.29) is 46.3 Å². The van der Waals surface area contributed by atoms with Gasteiger partial charge in [0.15, 0.2) is 0 Å². The molecule has 0 saturated carbocycles. The van der Waals surface area contributed by atoms with Gasteiger partial charge in [-0.25, -0.2) is 0 Å². The summed E-state index contributed by atoms with van der Waals surface area (Å²) in [6.45, 7) is 0.813. The van der Waals surface area contributed by atoms with Crippen LogP contribution in [-0.4, -0.2) is 21.1 Å². The molecule has 0 radical (unpaired) electrons. The molecule has 0 spiro atoms. The van der Waals surface area contributed by atoms with E-state index in [4.69, 9.17) is 19.3 Å². The van der Waals surface area contributed by atoms with Gasteiger partial charge >= 0.3 is 347 Å². The minimum Gasteiger partial charge on any atom is -0.0615 e. The van der Waals surface area contributed by atoms with E-state index in [1.54, 1.807) is 30.3 Å². The minimum atomic E-state index is -2.64. The molecule has 8 heteroatoms. The zero-order valence-electron chi connectivity index (χ0n) is 46.0. The van der Waals surface area contributed by atoms with Gasteiger partial charge in [0.1, 0.15) is 0 Å². The van der Waals surface area contributed by atoms with E-state index in [1.807, 2.05) is 119 Å². The van der Waals surface area contributed by atoms with Crippen LogP contribution >= 0.6 is 0 Å². The number of aromatic nitrogens is 3. The maximum atomic E-state index is 9.36. The Labute approximate surface area is 420 Å². The van der Waals surface area contributed by atoms with Crippen molar-refractivity contribution >= 4 is 46.4 Å². The molecule has 0 aliphatic carbocycles. The molecule has 3 aliphatic heterocycles. The molecule has 0 bridgehead atoms. The summed E-state index contributed by atoms with van der Waals surface area (Å²) >= 11 is 2.29. The van der Waals surface area contributed by atoms with Crippen molar-refractivity contribution in [2.24, 2.45) is 0 Å². The molecule has 0 amide bonds. The molecule has 13 rings (SSSR count). The first-order valence-corrected chi connectivity index (χ1v) is 23.5. The topological polar surface area (TPSA) is 38.5 Å². The molecule has 330 valence electrons. The van der Waals surface area contributed by atoms with Crippen LogP contribution in [0.25, 0.3) is 66.9 Å². The number of fused-ring (bicyclic) bond motifs is 10. The summed E-state index contributed by atoms with van der Waals surface area (Å²) in [5.41, 5.74) is 12.5. The SMILES string of the molecule is [2H]c1c([2H])c2c3c(c1[2H])-c1ccc(Oc4[c-]c(-n5[c](=[Pt])n(-c6c(-c7ccccc7)cc(C([2H])([2H])[2H])cc6-c6cccc(C(C)(C)C)c6)c6ccccc65)ccc4C([2H])([2H])[2H])nc1N1B3N(c3ccc[c-]c31)c1ccccc1-2. The first-order valence-electron chi connectivity index (χ1n) is 26.9. The normalized spacial score (nSPS) is 15.4. The molecule has 0 unspecified atom stereocenters. The van der Waals surface area contributed by atoms with Crippen LogP contribution in [0.1, 0.15) is 49.8 Å². The maximum absolute atomic E-state index is 9.36. The quantitative estimate of drug-likeness (QED) is 0.123. The number of ether oxygens (including phenoxy) is 1. The van der Waals surface area contributed by atoms with E-state index in [0.717, 1.165) is 61.5 Å². The molecular formula is C60H44BN5OPt-2. The Hall–Kier alpha value is -7.47. The van der Waals surface area contributed by atoms with Crippen LogP contribution in [0.15, 0.2) is 176 Å². The van der Waals surface area contributed by atoms with Crippen molar-refractivity contribution in [1.82, 2.24) is 14.1 Å². The van der Waals surface area contributed by atoms with E-state index in [9.17, 15) is 2.74 Å². The fourth-order valence-corrected chi connectivity index (χ4v) is 11.3. The molecule has 0 fully saturated rings. The van der Waals surface area contributed by atoms with Crippen molar-refractivity contribution < 1.29 is 36.4 Å². The number of rotatable bonds is 6. The standard InChI is InChI=1S/C60H44BN5O.Pt/c1-38-33-48(40-17-7-6-8-18-40)58(49(34-38)41-19-15-20-42(35-41)60(3,4)5)64-37-63(51-25-11-12-26-52(51)64)43-30-29-39(2)55(36-43)67-56-32-31-47-46-23-16-22-45-44-21-9-10-24-50(44)65-53-27-13-14-28-54(53)66(59(47)62-56)61(65)57(45)46;/h6-27,29-35H,1-5H3;/q-2;/i1D3,2D3,16D,22D,23D;. The third kappa shape index (κ3) is 6.15. The van der Waals surface area contributed by atoms with Crippen molar-refractivity contribution in [1.29, 1.82) is 0 Å². The summed E-state index contributed by atoms with van der Waals surface area (Å²) in [6, 6.07) is 56.3. The average Bonchev–Trinajstić information content (AvgIpc) is 3.86. The zero-order chi connectivity index (χ0) is 53.6. The molecule has 3 aliphatic rings. The molecule has 6 nitrogen and oxygen atoms in total. The Balaban J connectivity index is 1.01. The zero-order valence-corrected chi connectivity index (χ0v) is 39.3. The second-order valence-corrected chi connectivity index (χ2v) is 19.3. The summed E-state index contributed by atoms with van der Waals surface area (Å²) in [5, 5.41) is 0. The van der Waals surface area contributed by atoms with Gasteiger partial charge in [-0.1, -0.05) is 30.3 Å². The van der Waals surface area contributed by atoms with Crippen LogP contribution in [0.4, 0.5) is 22.9 Å². The Bertz CT molecular complexity index is 4200. The number of hydrogen-bond acceptors (Lipinski definition) is 4. The van der Waals surface area contributed by atoms with Gasteiger partial charge in [0.2, 0.25) is 0 Å². The van der Waals surface area contributed by atoms with Crippen LogP contribution < -0.4 is 19.8 Å². The maximum Gasteiger partial charge on any atom is 0.0275 e. The first-order chi connectivity index (χ1) is 36.8. The van der Waals surface area contributed by atoms with Gasteiger partial charge in [-0.2, -0.15) is 12.1 Å². The summed E-state index contributed by atoms with van der Waals surface area (Å²) < 4.78 is 91.4. The van der Waals surface area contributed by atoms with Crippen molar-refractivity contribution in [2.45, 2.75) is 39.9 Å². The van der Waals surface area contributed by atoms with E-state index < -0.39 is 20.7 Å². The average molecular weight is 1070 g/mol. The second kappa shape index (κ2) is 15.3. The van der Waals surface area contributed by atoms with Gasteiger partial charge in [-0.15, -0.1) is 6.07 Å². The fourth-order valence-electron chi connectivity index (χ4n) is 10.2. The predicted molar refractivity (Wildman–Crippen MR) is 274 cm³/mol. The van der Waals surface area contributed by atoms with Crippen LogP contribution in [0.3, 0.4) is 0 Å². The molecule has 68 heavy (non-hydrogen) atoms. The van der Waals surface area contributed by atoms with Gasteiger partial charge in [0.25, 0.3) is 0 Å². The van der Waals surface area contributed by atoms with E-state index in [2.05, 4.69) is 73.8 Å². The van der Waals surface area contributed by atoms with Gasteiger partial charge in [-0.05, 0) is 11.6 Å². The molecule has 10 aromatic rings. The molecule has 8 aromatic carbocycles. The number of nitrogens with zero attached hydrogens (tertiary/aromatic N) is 5. The van der Waals surface area contributed by atoms with E-state index in [0.29, 0.717) is 43.1 Å². The largest absolute Gasteiger partial charge is 0.0615 e. The second-order valence-electron chi connectivity index (χ2n) is 18.3. The van der Waals surface area contributed by atoms with E-state index in [1.165, 1.54) is 6.07 Å². The van der Waals surface area contributed by atoms with Crippen LogP contribution in [-0.2, 0) is 24.8 Å². The van der Waals surface area contributed by atoms with Crippen molar-refractivity contribution in [3.8, 4) is 67.5 Å². The Morgan fingerprint density at radius 3 is 2.21 bits per heavy atom. The molecule has 0 saturated heterocycles. The Kier molecular flexibility index (Phi) is 7.25. The van der Waals surface area contributed by atoms with Gasteiger partial charge < -0.3 is 0 Å². The molecule has 0 N–H and O–H groups in total. The van der Waals surface area contributed by atoms with Crippen LogP contribution in [0.5, 0.6) is 11.6 Å². The summed E-state index contributed by atoms with van der Waals surface area (Å²) in [5.74, 6) is 0.415. The number of anilines is 4. The van der Waals surface area contributed by atoms with Crippen molar-refractivity contribution in [3.05, 3.63) is 208 Å².